The molecule has 0 saturated carbocycles. The van der Waals surface area contributed by atoms with Crippen molar-refractivity contribution < 1.29 is 4.79 Å². The van der Waals surface area contributed by atoms with Gasteiger partial charge in [0, 0.05) is 30.4 Å². The Bertz CT molecular complexity index is 932. The quantitative estimate of drug-likeness (QED) is 0.793. The molecule has 1 aliphatic rings. The molecule has 4 rings (SSSR count). The first-order valence-electron chi connectivity index (χ1n) is 8.59. The number of hydrogen-bond acceptors (Lipinski definition) is 4. The van der Waals surface area contributed by atoms with Gasteiger partial charge in [-0.25, -0.2) is 0 Å². The summed E-state index contributed by atoms with van der Waals surface area (Å²) < 4.78 is 0. The first kappa shape index (κ1) is 15.6. The average molecular weight is 332 g/mol. The van der Waals surface area contributed by atoms with E-state index in [2.05, 4.69) is 20.2 Å². The van der Waals surface area contributed by atoms with E-state index >= 15 is 0 Å². The first-order chi connectivity index (χ1) is 12.2. The number of carbonyl (C=O) groups is 1. The molecule has 0 aliphatic carbocycles. The standard InChI is InChI=1S/C20H20N4O/c1-14-7-8-15-5-4-6-16(19(15)22-14)20(25)23-17-13-21-10-9-18(17)24-11-2-3-12-24/h4-10,13H,2-3,11-12H2,1H3,(H,23,25). The monoisotopic (exact) mass is 332 g/mol. The third-order valence-electron chi connectivity index (χ3n) is 4.60. The van der Waals surface area contributed by atoms with Crippen LogP contribution >= 0.6 is 0 Å². The van der Waals surface area contributed by atoms with Gasteiger partial charge in [-0.2, -0.15) is 0 Å². The fourth-order valence-corrected chi connectivity index (χ4v) is 3.33. The number of benzene rings is 1. The van der Waals surface area contributed by atoms with Crippen LogP contribution in [0.5, 0.6) is 0 Å². The lowest BCUT2D eigenvalue weighted by Gasteiger charge is -2.21. The third kappa shape index (κ3) is 3.05. The minimum Gasteiger partial charge on any atom is -0.370 e. The van der Waals surface area contributed by atoms with Gasteiger partial charge >= 0.3 is 0 Å². The van der Waals surface area contributed by atoms with Crippen LogP contribution in [0.15, 0.2) is 48.8 Å². The summed E-state index contributed by atoms with van der Waals surface area (Å²) in [6.07, 6.45) is 5.85. The number of nitrogens with zero attached hydrogens (tertiary/aromatic N) is 3. The zero-order valence-corrected chi connectivity index (χ0v) is 14.2. The smallest absolute Gasteiger partial charge is 0.257 e. The zero-order chi connectivity index (χ0) is 17.2. The molecule has 1 aliphatic heterocycles. The topological polar surface area (TPSA) is 58.1 Å². The lowest BCUT2D eigenvalue weighted by molar-refractivity contribution is 0.102. The van der Waals surface area contributed by atoms with E-state index in [1.165, 1.54) is 12.8 Å². The Labute approximate surface area is 146 Å². The lowest BCUT2D eigenvalue weighted by Crippen LogP contribution is -2.21. The molecular weight excluding hydrogens is 312 g/mol. The van der Waals surface area contributed by atoms with Crippen LogP contribution in [-0.4, -0.2) is 29.0 Å². The Morgan fingerprint density at radius 3 is 2.80 bits per heavy atom. The number of pyridine rings is 2. The summed E-state index contributed by atoms with van der Waals surface area (Å²) >= 11 is 0. The molecule has 1 fully saturated rings. The fraction of sp³-hybridized carbons (Fsp3) is 0.250. The maximum atomic E-state index is 12.9. The van der Waals surface area contributed by atoms with Crippen LogP contribution in [-0.2, 0) is 0 Å². The van der Waals surface area contributed by atoms with E-state index in [0.29, 0.717) is 5.56 Å². The van der Waals surface area contributed by atoms with Gasteiger partial charge in [0.05, 0.1) is 28.7 Å². The van der Waals surface area contributed by atoms with Gasteiger partial charge in [-0.15, -0.1) is 0 Å². The number of amides is 1. The van der Waals surface area contributed by atoms with Crippen molar-refractivity contribution in [2.45, 2.75) is 19.8 Å². The Hall–Kier alpha value is -2.95. The molecule has 3 heterocycles. The fourth-order valence-electron chi connectivity index (χ4n) is 3.33. The third-order valence-corrected chi connectivity index (χ3v) is 4.60. The predicted octanol–water partition coefficient (Wildman–Crippen LogP) is 3.79. The van der Waals surface area contributed by atoms with E-state index in [4.69, 9.17) is 0 Å². The number of aromatic nitrogens is 2. The van der Waals surface area contributed by atoms with Crippen molar-refractivity contribution in [3.63, 3.8) is 0 Å². The van der Waals surface area contributed by atoms with Crippen LogP contribution in [0, 0.1) is 6.92 Å². The van der Waals surface area contributed by atoms with Crippen molar-refractivity contribution in [2.75, 3.05) is 23.3 Å². The van der Waals surface area contributed by atoms with Gasteiger partial charge in [-0.1, -0.05) is 18.2 Å². The van der Waals surface area contributed by atoms with Crippen LogP contribution in [0.1, 0.15) is 28.9 Å². The zero-order valence-electron chi connectivity index (χ0n) is 14.2. The van der Waals surface area contributed by atoms with Crippen molar-refractivity contribution in [1.29, 1.82) is 0 Å². The van der Waals surface area contributed by atoms with E-state index in [1.54, 1.807) is 12.4 Å². The summed E-state index contributed by atoms with van der Waals surface area (Å²) in [5.74, 6) is -0.155. The van der Waals surface area contributed by atoms with E-state index < -0.39 is 0 Å². The largest absolute Gasteiger partial charge is 0.370 e. The number of anilines is 2. The summed E-state index contributed by atoms with van der Waals surface area (Å²) in [4.78, 5) is 23.9. The van der Waals surface area contributed by atoms with E-state index in [1.807, 2.05) is 43.3 Å². The minimum absolute atomic E-state index is 0.155. The molecule has 1 N–H and O–H groups in total. The number of fused-ring (bicyclic) bond motifs is 1. The lowest BCUT2D eigenvalue weighted by atomic mass is 10.1. The molecule has 1 amide bonds. The van der Waals surface area contributed by atoms with Gasteiger partial charge in [-0.05, 0) is 38.0 Å². The van der Waals surface area contributed by atoms with Crippen LogP contribution < -0.4 is 10.2 Å². The second-order valence-corrected chi connectivity index (χ2v) is 6.37. The second kappa shape index (κ2) is 6.51. The van der Waals surface area contributed by atoms with E-state index in [9.17, 15) is 4.79 Å². The maximum absolute atomic E-state index is 12.9. The van der Waals surface area contributed by atoms with Gasteiger partial charge in [0.2, 0.25) is 0 Å². The van der Waals surface area contributed by atoms with E-state index in [-0.39, 0.29) is 5.91 Å². The first-order valence-corrected chi connectivity index (χ1v) is 8.59. The molecule has 3 aromatic rings. The van der Waals surface area contributed by atoms with Gasteiger partial charge in [0.1, 0.15) is 0 Å². The summed E-state index contributed by atoms with van der Waals surface area (Å²) in [6, 6.07) is 11.6. The molecule has 0 atom stereocenters. The van der Waals surface area contributed by atoms with E-state index in [0.717, 1.165) is 41.1 Å². The molecule has 126 valence electrons. The van der Waals surface area contributed by atoms with Crippen molar-refractivity contribution in [2.24, 2.45) is 0 Å². The molecule has 1 aromatic carbocycles. The molecular formula is C20H20N4O. The molecule has 0 unspecified atom stereocenters. The molecule has 1 saturated heterocycles. The van der Waals surface area contributed by atoms with Crippen LogP contribution in [0.2, 0.25) is 0 Å². The van der Waals surface area contributed by atoms with Crippen molar-refractivity contribution >= 4 is 28.2 Å². The average Bonchev–Trinajstić information content (AvgIpc) is 3.16. The van der Waals surface area contributed by atoms with Gasteiger partial charge < -0.3 is 10.2 Å². The number of aryl methyl sites for hydroxylation is 1. The molecule has 0 radical (unpaired) electrons. The summed E-state index contributed by atoms with van der Waals surface area (Å²) in [5, 5.41) is 3.99. The Balaban J connectivity index is 1.68. The van der Waals surface area contributed by atoms with Gasteiger partial charge in [0.15, 0.2) is 0 Å². The molecule has 5 heteroatoms. The van der Waals surface area contributed by atoms with Crippen molar-refractivity contribution in [1.82, 2.24) is 9.97 Å². The Morgan fingerprint density at radius 1 is 1.12 bits per heavy atom. The predicted molar refractivity (Wildman–Crippen MR) is 100 cm³/mol. The number of carbonyl (C=O) groups excluding carboxylic acids is 1. The van der Waals surface area contributed by atoms with Crippen LogP contribution in [0.3, 0.4) is 0 Å². The van der Waals surface area contributed by atoms with Crippen LogP contribution in [0.25, 0.3) is 10.9 Å². The highest BCUT2D eigenvalue weighted by Crippen LogP contribution is 2.28. The molecule has 0 bridgehead atoms. The normalized spacial score (nSPS) is 14.0. The Morgan fingerprint density at radius 2 is 1.96 bits per heavy atom. The molecule has 25 heavy (non-hydrogen) atoms. The summed E-state index contributed by atoms with van der Waals surface area (Å²) in [6.45, 7) is 3.96. The highest BCUT2D eigenvalue weighted by atomic mass is 16.1. The second-order valence-electron chi connectivity index (χ2n) is 6.37. The van der Waals surface area contributed by atoms with Crippen molar-refractivity contribution in [3.05, 3.63) is 60.0 Å². The highest BCUT2D eigenvalue weighted by Gasteiger charge is 2.18. The minimum atomic E-state index is -0.155. The number of rotatable bonds is 3. The van der Waals surface area contributed by atoms with Gasteiger partial charge in [0.25, 0.3) is 5.91 Å². The molecule has 5 nitrogen and oxygen atoms in total. The van der Waals surface area contributed by atoms with Crippen molar-refractivity contribution in [3.8, 4) is 0 Å². The Kier molecular flexibility index (Phi) is 4.06. The number of nitrogens with one attached hydrogen (secondary N) is 1. The number of hydrogen-bond donors (Lipinski definition) is 1. The SMILES string of the molecule is Cc1ccc2cccc(C(=O)Nc3cnccc3N3CCCC3)c2n1. The number of para-hydroxylation sites is 1. The van der Waals surface area contributed by atoms with Crippen LogP contribution in [0.4, 0.5) is 11.4 Å². The molecule has 2 aromatic heterocycles. The summed E-state index contributed by atoms with van der Waals surface area (Å²) in [7, 11) is 0. The highest BCUT2D eigenvalue weighted by molar-refractivity contribution is 6.12. The maximum Gasteiger partial charge on any atom is 0.257 e. The summed E-state index contributed by atoms with van der Waals surface area (Å²) in [5.41, 5.74) is 3.99. The molecule has 0 spiro atoms. The van der Waals surface area contributed by atoms with Gasteiger partial charge in [-0.3, -0.25) is 14.8 Å².